The van der Waals surface area contributed by atoms with Gasteiger partial charge in [0.1, 0.15) is 0 Å². The molecule has 0 aliphatic heterocycles. The molecule has 212 valence electrons. The number of hydrogen-bond donors (Lipinski definition) is 0. The van der Waals surface area contributed by atoms with Crippen molar-refractivity contribution in [3.63, 3.8) is 0 Å². The van der Waals surface area contributed by atoms with Crippen LogP contribution in [-0.2, 0) is 0 Å². The topological polar surface area (TPSA) is 7.76 Å². The zero-order valence-electron chi connectivity index (χ0n) is 24.5. The van der Waals surface area contributed by atoms with Gasteiger partial charge in [-0.05, 0) is 56.0 Å². The summed E-state index contributed by atoms with van der Waals surface area (Å²) < 4.78 is 4.36. The molecule has 0 bridgehead atoms. The van der Waals surface area contributed by atoms with Crippen molar-refractivity contribution in [1.29, 1.82) is 0 Å². The van der Waals surface area contributed by atoms with Gasteiger partial charge in [-0.3, -0.25) is 0 Å². The fraction of sp³-hybridized carbons (Fsp3) is 0.158. The highest BCUT2D eigenvalue weighted by Crippen LogP contribution is 2.35. The van der Waals surface area contributed by atoms with E-state index in [0.717, 1.165) is 0 Å². The minimum Gasteiger partial charge on any atom is -1.00 e. The maximum Gasteiger partial charge on any atom is 0.210 e. The van der Waals surface area contributed by atoms with E-state index < -0.39 is 0 Å². The summed E-state index contributed by atoms with van der Waals surface area (Å²) in [5.74, 6) is 1.08. The highest BCUT2D eigenvalue weighted by Gasteiger charge is 2.14. The monoisotopic (exact) mass is 590 g/mol. The van der Waals surface area contributed by atoms with E-state index in [0.29, 0.717) is 11.8 Å². The summed E-state index contributed by atoms with van der Waals surface area (Å²) in [4.78, 5) is 0. The maximum atomic E-state index is 2.26. The predicted octanol–water partition coefficient (Wildman–Crippen LogP) is 2.98. The van der Waals surface area contributed by atoms with Crippen LogP contribution in [0.4, 0.5) is 0 Å². The summed E-state index contributed by atoms with van der Waals surface area (Å²) in [5.41, 5.74) is 10.0. The smallest absolute Gasteiger partial charge is 0.210 e. The minimum absolute atomic E-state index is 0. The molecule has 2 nitrogen and oxygen atoms in total. The lowest BCUT2D eigenvalue weighted by Gasteiger charge is -2.12. The van der Waals surface area contributed by atoms with Crippen molar-refractivity contribution in [3.05, 3.63) is 145 Å². The van der Waals surface area contributed by atoms with Crippen LogP contribution in [0.5, 0.6) is 0 Å². The zero-order valence-corrected chi connectivity index (χ0v) is 26.0. The molecule has 0 fully saturated rings. The third kappa shape index (κ3) is 6.26. The van der Waals surface area contributed by atoms with E-state index >= 15 is 0 Å². The Kier molecular flexibility index (Phi) is 9.83. The molecule has 4 heteroatoms. The van der Waals surface area contributed by atoms with Gasteiger partial charge in [0, 0.05) is 48.5 Å². The largest absolute Gasteiger partial charge is 1.00 e. The number of halogens is 2. The Labute approximate surface area is 262 Å². The van der Waals surface area contributed by atoms with Crippen LogP contribution in [0.15, 0.2) is 134 Å². The van der Waals surface area contributed by atoms with E-state index in [-0.39, 0.29) is 24.8 Å². The number of hydrogen-bond acceptors (Lipinski definition) is 0. The first-order valence-corrected chi connectivity index (χ1v) is 14.2. The number of benzene rings is 4. The van der Waals surface area contributed by atoms with Gasteiger partial charge in [-0.1, -0.05) is 88.4 Å². The molecule has 0 atom stereocenters. The normalized spacial score (nSPS) is 10.9. The first-order chi connectivity index (χ1) is 19.5. The van der Waals surface area contributed by atoms with Gasteiger partial charge in [0.2, 0.25) is 11.4 Å². The molecule has 0 spiro atoms. The van der Waals surface area contributed by atoms with Crippen LogP contribution in [0.3, 0.4) is 0 Å². The lowest BCUT2D eigenvalue weighted by molar-refractivity contribution is -0.595. The van der Waals surface area contributed by atoms with Crippen molar-refractivity contribution in [2.24, 2.45) is 0 Å². The molecule has 0 saturated carbocycles. The van der Waals surface area contributed by atoms with Crippen LogP contribution < -0.4 is 33.9 Å². The van der Waals surface area contributed by atoms with Crippen LogP contribution in [0.1, 0.15) is 50.7 Å². The Morgan fingerprint density at radius 3 is 1.05 bits per heavy atom. The van der Waals surface area contributed by atoms with Crippen molar-refractivity contribution in [2.45, 2.75) is 39.5 Å². The van der Waals surface area contributed by atoms with Gasteiger partial charge in [-0.2, -0.15) is 9.13 Å². The molecule has 6 aromatic rings. The van der Waals surface area contributed by atoms with Crippen molar-refractivity contribution >= 4 is 10.8 Å². The second-order valence-electron chi connectivity index (χ2n) is 11.2. The first kappa shape index (κ1) is 31.0. The average molecular weight is 592 g/mol. The van der Waals surface area contributed by atoms with E-state index in [4.69, 9.17) is 0 Å². The van der Waals surface area contributed by atoms with Gasteiger partial charge >= 0.3 is 0 Å². The van der Waals surface area contributed by atoms with E-state index in [9.17, 15) is 0 Å². The second kappa shape index (κ2) is 13.3. The van der Waals surface area contributed by atoms with Crippen LogP contribution in [0, 0.1) is 0 Å². The van der Waals surface area contributed by atoms with Crippen LogP contribution >= 0.6 is 0 Å². The van der Waals surface area contributed by atoms with Gasteiger partial charge in [0.15, 0.2) is 24.8 Å². The molecule has 0 amide bonds. The molecule has 0 saturated heterocycles. The van der Waals surface area contributed by atoms with Gasteiger partial charge < -0.3 is 24.8 Å². The Balaban J connectivity index is 0.00000202. The lowest BCUT2D eigenvalue weighted by Crippen LogP contribution is -3.00. The molecule has 0 aliphatic carbocycles. The van der Waals surface area contributed by atoms with Crippen LogP contribution in [0.25, 0.3) is 44.4 Å². The SMILES string of the molecule is CC(C)c1ccc(-[n+]2ccc(-c3ccc(-c4cc[n+](-c5ccc(C(C)C)cc5)cc4)c4ccccc34)cc2)cc1.[Cl-].[Cl-]. The van der Waals surface area contributed by atoms with E-state index in [1.54, 1.807) is 0 Å². The molecular formula is C38H36Cl2N2. The summed E-state index contributed by atoms with van der Waals surface area (Å²) in [7, 11) is 0. The fourth-order valence-electron chi connectivity index (χ4n) is 5.42. The van der Waals surface area contributed by atoms with Gasteiger partial charge in [-0.15, -0.1) is 0 Å². The van der Waals surface area contributed by atoms with E-state index in [1.165, 1.54) is 55.5 Å². The number of fused-ring (bicyclic) bond motifs is 1. The molecule has 0 unspecified atom stereocenters. The van der Waals surface area contributed by atoms with E-state index in [1.807, 2.05) is 0 Å². The standard InChI is InChI=1S/C38H36N2.2ClH/c1-27(2)29-9-13-33(14-10-29)39-23-19-31(20-24-39)35-17-18-36(38-8-6-5-7-37(35)38)32-21-25-40(26-22-32)34-15-11-30(12-16-34)28(3)4;;/h5-28H,1-4H3;2*1H/q+2;;/p-2. The number of pyridine rings is 2. The second-order valence-corrected chi connectivity index (χ2v) is 11.2. The molecule has 6 rings (SSSR count). The summed E-state index contributed by atoms with van der Waals surface area (Å²) >= 11 is 0. The Hall–Kier alpha value is -3.98. The van der Waals surface area contributed by atoms with Crippen LogP contribution in [-0.4, -0.2) is 0 Å². The quantitative estimate of drug-likeness (QED) is 0.264. The van der Waals surface area contributed by atoms with Gasteiger partial charge in [0.05, 0.1) is 0 Å². The highest BCUT2D eigenvalue weighted by atomic mass is 35.5. The van der Waals surface area contributed by atoms with Crippen molar-refractivity contribution in [1.82, 2.24) is 0 Å². The third-order valence-electron chi connectivity index (χ3n) is 7.92. The van der Waals surface area contributed by atoms with E-state index in [2.05, 4.69) is 171 Å². The summed E-state index contributed by atoms with van der Waals surface area (Å²) in [6.45, 7) is 8.92. The molecule has 0 aliphatic rings. The highest BCUT2D eigenvalue weighted by molar-refractivity contribution is 6.04. The molecule has 42 heavy (non-hydrogen) atoms. The lowest BCUT2D eigenvalue weighted by atomic mass is 9.93. The number of nitrogens with zero attached hydrogens (tertiary/aromatic N) is 2. The zero-order chi connectivity index (χ0) is 27.6. The molecular weight excluding hydrogens is 555 g/mol. The molecule has 4 aromatic carbocycles. The number of rotatable bonds is 6. The van der Waals surface area contributed by atoms with Crippen molar-refractivity contribution < 1.29 is 33.9 Å². The molecule has 2 aromatic heterocycles. The van der Waals surface area contributed by atoms with Gasteiger partial charge in [0.25, 0.3) is 0 Å². The molecule has 0 N–H and O–H groups in total. The Bertz CT molecular complexity index is 1620. The Morgan fingerprint density at radius 2 is 0.738 bits per heavy atom. The number of aromatic nitrogens is 2. The third-order valence-corrected chi connectivity index (χ3v) is 7.92. The fourth-order valence-corrected chi connectivity index (χ4v) is 5.42. The molecule has 2 heterocycles. The summed E-state index contributed by atoms with van der Waals surface area (Å²) in [5, 5.41) is 2.53. The predicted molar refractivity (Wildman–Crippen MR) is 166 cm³/mol. The van der Waals surface area contributed by atoms with Crippen molar-refractivity contribution in [3.8, 4) is 33.6 Å². The van der Waals surface area contributed by atoms with Gasteiger partial charge in [-0.25, -0.2) is 0 Å². The maximum absolute atomic E-state index is 2.26. The minimum atomic E-state index is 0. The van der Waals surface area contributed by atoms with Crippen molar-refractivity contribution in [2.75, 3.05) is 0 Å². The summed E-state index contributed by atoms with van der Waals surface area (Å²) in [6.07, 6.45) is 8.64. The first-order valence-electron chi connectivity index (χ1n) is 14.2. The summed E-state index contributed by atoms with van der Waals surface area (Å²) in [6, 6.07) is 39.8. The van der Waals surface area contributed by atoms with Crippen LogP contribution in [0.2, 0.25) is 0 Å². The molecule has 0 radical (unpaired) electrons. The average Bonchev–Trinajstić information content (AvgIpc) is 3.01. The Morgan fingerprint density at radius 1 is 0.405 bits per heavy atom.